The SMILES string of the molecule is CCCCC/C=C\C/C=C\CCCCCCCCCCCC(=O)O[C@H](COC(=O)CCCCCCCCCCCCC)COP(=O)([O-])OCC[N+](C)(C)C. The van der Waals surface area contributed by atoms with Crippen molar-refractivity contribution >= 4 is 19.8 Å². The number of phosphoric ester groups is 1. The molecule has 0 spiro atoms. The normalized spacial score (nSPS) is 13.8. The fraction of sp³-hybridized carbons (Fsp3) is 0.864. The summed E-state index contributed by atoms with van der Waals surface area (Å²) in [5.74, 6) is -0.835. The van der Waals surface area contributed by atoms with Crippen molar-refractivity contribution in [2.45, 2.75) is 200 Å². The van der Waals surface area contributed by atoms with E-state index < -0.39 is 26.5 Å². The highest BCUT2D eigenvalue weighted by Gasteiger charge is 2.21. The second-order valence-electron chi connectivity index (χ2n) is 16.1. The lowest BCUT2D eigenvalue weighted by Gasteiger charge is -2.28. The van der Waals surface area contributed by atoms with Crippen LogP contribution < -0.4 is 4.89 Å². The summed E-state index contributed by atoms with van der Waals surface area (Å²) < 4.78 is 33.9. The third kappa shape index (κ3) is 40.2. The van der Waals surface area contributed by atoms with E-state index in [0.717, 1.165) is 51.4 Å². The van der Waals surface area contributed by atoms with Crippen molar-refractivity contribution in [3.8, 4) is 0 Å². The van der Waals surface area contributed by atoms with E-state index in [1.54, 1.807) is 0 Å². The topological polar surface area (TPSA) is 111 Å². The molecule has 0 rings (SSSR count). The molecule has 0 aliphatic carbocycles. The van der Waals surface area contributed by atoms with E-state index in [1.165, 1.54) is 109 Å². The number of hydrogen-bond donors (Lipinski definition) is 0. The number of carbonyl (C=O) groups excluding carboxylic acids is 2. The largest absolute Gasteiger partial charge is 0.756 e. The highest BCUT2D eigenvalue weighted by Crippen LogP contribution is 2.38. The zero-order chi connectivity index (χ0) is 40.0. The number of carbonyl (C=O) groups is 2. The molecule has 0 aromatic carbocycles. The minimum atomic E-state index is -4.62. The third-order valence-corrected chi connectivity index (χ3v) is 10.4. The first kappa shape index (κ1) is 52.5. The fourth-order valence-corrected chi connectivity index (χ4v) is 6.71. The molecule has 318 valence electrons. The van der Waals surface area contributed by atoms with E-state index in [0.29, 0.717) is 17.4 Å². The van der Waals surface area contributed by atoms with Gasteiger partial charge in [0.15, 0.2) is 6.10 Å². The molecule has 0 amide bonds. The molecule has 0 N–H and O–H groups in total. The van der Waals surface area contributed by atoms with Crippen LogP contribution in [0.3, 0.4) is 0 Å². The number of rotatable bonds is 40. The first-order chi connectivity index (χ1) is 26.0. The van der Waals surface area contributed by atoms with Crippen molar-refractivity contribution in [2.75, 3.05) is 47.5 Å². The van der Waals surface area contributed by atoms with Gasteiger partial charge in [-0.1, -0.05) is 160 Å². The number of nitrogens with zero attached hydrogens (tertiary/aromatic N) is 1. The third-order valence-electron chi connectivity index (χ3n) is 9.47. The van der Waals surface area contributed by atoms with Crippen molar-refractivity contribution in [1.82, 2.24) is 0 Å². The molecule has 1 unspecified atom stereocenters. The number of esters is 2. The van der Waals surface area contributed by atoms with Crippen LogP contribution in [-0.2, 0) is 32.7 Å². The Morgan fingerprint density at radius 3 is 1.50 bits per heavy atom. The smallest absolute Gasteiger partial charge is 0.306 e. The maximum atomic E-state index is 12.7. The quantitative estimate of drug-likeness (QED) is 0.0198. The van der Waals surface area contributed by atoms with Crippen LogP contribution in [-0.4, -0.2) is 70.0 Å². The highest BCUT2D eigenvalue weighted by atomic mass is 31.2. The number of unbranched alkanes of at least 4 members (excludes halogenated alkanes) is 22. The predicted octanol–water partition coefficient (Wildman–Crippen LogP) is 11.7. The Bertz CT molecular complexity index is 980. The molecule has 0 radical (unpaired) electrons. The lowest BCUT2D eigenvalue weighted by molar-refractivity contribution is -0.870. The maximum absolute atomic E-state index is 12.7. The summed E-state index contributed by atoms with van der Waals surface area (Å²) in [6.45, 7) is 4.20. The number of quaternary nitrogens is 1. The van der Waals surface area contributed by atoms with Crippen LogP contribution in [0.5, 0.6) is 0 Å². The molecule has 0 saturated heterocycles. The molecule has 0 bridgehead atoms. The first-order valence-electron chi connectivity index (χ1n) is 22.0. The summed E-state index contributed by atoms with van der Waals surface area (Å²) in [5, 5.41) is 0. The Balaban J connectivity index is 4.31. The molecular formula is C44H84NO8P. The minimum absolute atomic E-state index is 0.0299. The van der Waals surface area contributed by atoms with Gasteiger partial charge in [0, 0.05) is 12.8 Å². The van der Waals surface area contributed by atoms with Crippen molar-refractivity contribution in [2.24, 2.45) is 0 Å². The second kappa shape index (κ2) is 37.1. The molecule has 0 heterocycles. The van der Waals surface area contributed by atoms with E-state index in [1.807, 2.05) is 21.1 Å². The number of likely N-dealkylation sites (N-methyl/N-ethyl adjacent to an activating group) is 1. The van der Waals surface area contributed by atoms with Gasteiger partial charge in [0.05, 0.1) is 27.7 Å². The van der Waals surface area contributed by atoms with E-state index in [9.17, 15) is 19.0 Å². The number of ether oxygens (including phenoxy) is 2. The Kier molecular flexibility index (Phi) is 36.1. The molecule has 0 aliphatic rings. The van der Waals surface area contributed by atoms with Crippen LogP contribution >= 0.6 is 7.82 Å². The Labute approximate surface area is 332 Å². The lowest BCUT2D eigenvalue weighted by Crippen LogP contribution is -2.37. The zero-order valence-electron chi connectivity index (χ0n) is 35.7. The van der Waals surface area contributed by atoms with Crippen LogP contribution in [0.1, 0.15) is 194 Å². The molecule has 0 saturated carbocycles. The van der Waals surface area contributed by atoms with Crippen molar-refractivity contribution in [1.29, 1.82) is 0 Å². The second-order valence-corrected chi connectivity index (χ2v) is 17.5. The van der Waals surface area contributed by atoms with Gasteiger partial charge in [0.25, 0.3) is 7.82 Å². The van der Waals surface area contributed by atoms with E-state index in [2.05, 4.69) is 38.2 Å². The first-order valence-corrected chi connectivity index (χ1v) is 23.5. The average Bonchev–Trinajstić information content (AvgIpc) is 3.12. The van der Waals surface area contributed by atoms with Crippen LogP contribution in [0.2, 0.25) is 0 Å². The highest BCUT2D eigenvalue weighted by molar-refractivity contribution is 7.45. The Morgan fingerprint density at radius 2 is 1.00 bits per heavy atom. The predicted molar refractivity (Wildman–Crippen MR) is 222 cm³/mol. The monoisotopic (exact) mass is 786 g/mol. The molecule has 0 aromatic rings. The van der Waals surface area contributed by atoms with Gasteiger partial charge in [-0.2, -0.15) is 0 Å². The van der Waals surface area contributed by atoms with Crippen LogP contribution in [0.25, 0.3) is 0 Å². The molecule has 9 nitrogen and oxygen atoms in total. The Morgan fingerprint density at radius 1 is 0.574 bits per heavy atom. The van der Waals surface area contributed by atoms with Crippen molar-refractivity contribution < 1.29 is 42.1 Å². The lowest BCUT2D eigenvalue weighted by atomic mass is 10.1. The minimum Gasteiger partial charge on any atom is -0.756 e. The number of phosphoric acid groups is 1. The molecule has 0 aliphatic heterocycles. The molecule has 54 heavy (non-hydrogen) atoms. The fourth-order valence-electron chi connectivity index (χ4n) is 5.98. The van der Waals surface area contributed by atoms with Gasteiger partial charge < -0.3 is 27.9 Å². The van der Waals surface area contributed by atoms with Crippen molar-refractivity contribution in [3.05, 3.63) is 24.3 Å². The summed E-state index contributed by atoms with van der Waals surface area (Å²) in [7, 11) is 1.17. The molecule has 0 aromatic heterocycles. The van der Waals surface area contributed by atoms with Gasteiger partial charge >= 0.3 is 11.9 Å². The zero-order valence-corrected chi connectivity index (χ0v) is 36.6. The molecular weight excluding hydrogens is 701 g/mol. The van der Waals surface area contributed by atoms with Crippen LogP contribution in [0, 0.1) is 0 Å². The maximum Gasteiger partial charge on any atom is 0.306 e. The standard InChI is InChI=1S/C44H84NO8P/c1-6-8-10-12-14-16-18-19-20-21-22-23-24-25-27-29-31-33-35-37-44(47)53-42(41-52-54(48,49)51-39-38-45(3,4)5)40-50-43(46)36-34-32-30-28-26-17-15-13-11-9-7-2/h14,16,19-20,42H,6-13,15,17-18,21-41H2,1-5H3/b16-14-,20-19-/t42-/m1/s1. The van der Waals surface area contributed by atoms with Gasteiger partial charge in [-0.3, -0.25) is 14.2 Å². The van der Waals surface area contributed by atoms with Crippen molar-refractivity contribution in [3.63, 3.8) is 0 Å². The summed E-state index contributed by atoms with van der Waals surface area (Å²) >= 11 is 0. The summed E-state index contributed by atoms with van der Waals surface area (Å²) in [4.78, 5) is 37.5. The molecule has 10 heteroatoms. The van der Waals surface area contributed by atoms with Crippen LogP contribution in [0.4, 0.5) is 0 Å². The molecule has 0 fully saturated rings. The summed E-state index contributed by atoms with van der Waals surface area (Å²) in [6, 6.07) is 0. The van der Waals surface area contributed by atoms with E-state index >= 15 is 0 Å². The Hall–Kier alpha value is -1.51. The van der Waals surface area contributed by atoms with Gasteiger partial charge in [-0.05, 0) is 44.9 Å². The van der Waals surface area contributed by atoms with E-state index in [-0.39, 0.29) is 32.0 Å². The number of allylic oxidation sites excluding steroid dienone is 4. The summed E-state index contributed by atoms with van der Waals surface area (Å²) in [6.07, 6.45) is 39.1. The van der Waals surface area contributed by atoms with Gasteiger partial charge in [-0.15, -0.1) is 0 Å². The number of hydrogen-bond acceptors (Lipinski definition) is 8. The van der Waals surface area contributed by atoms with Gasteiger partial charge in [-0.25, -0.2) is 0 Å². The van der Waals surface area contributed by atoms with E-state index in [4.69, 9.17) is 18.5 Å². The van der Waals surface area contributed by atoms with Gasteiger partial charge in [0.2, 0.25) is 0 Å². The average molecular weight is 786 g/mol. The van der Waals surface area contributed by atoms with Crippen LogP contribution in [0.15, 0.2) is 24.3 Å². The summed E-state index contributed by atoms with van der Waals surface area (Å²) in [5.41, 5.74) is 0. The molecule has 2 atom stereocenters. The van der Waals surface area contributed by atoms with Gasteiger partial charge in [0.1, 0.15) is 19.8 Å².